The monoisotopic (exact) mass is 427 g/mol. The maximum absolute atomic E-state index is 13.4. The first kappa shape index (κ1) is 21.8. The van der Waals surface area contributed by atoms with Crippen LogP contribution in [0.2, 0.25) is 0 Å². The van der Waals surface area contributed by atoms with Gasteiger partial charge in [-0.25, -0.2) is 4.98 Å². The average molecular weight is 428 g/mol. The molecule has 1 N–H and O–H groups in total. The van der Waals surface area contributed by atoms with Crippen molar-refractivity contribution in [3.8, 4) is 5.88 Å². The smallest absolute Gasteiger partial charge is 0.259 e. The first-order chi connectivity index (χ1) is 14.9. The maximum atomic E-state index is 13.4. The van der Waals surface area contributed by atoms with Crippen molar-refractivity contribution < 1.29 is 19.4 Å². The molecule has 1 aliphatic heterocycles. The summed E-state index contributed by atoms with van der Waals surface area (Å²) in [5.41, 5.74) is 2.60. The van der Waals surface area contributed by atoms with E-state index in [9.17, 15) is 14.7 Å². The zero-order valence-electron chi connectivity index (χ0n) is 18.7. The highest BCUT2D eigenvalue weighted by Gasteiger charge is 2.37. The predicted octanol–water partition coefficient (Wildman–Crippen LogP) is 2.74. The number of aromatic nitrogens is 1. The summed E-state index contributed by atoms with van der Waals surface area (Å²) in [5.74, 6) is 0.420. The molecule has 7 nitrogen and oxygen atoms in total. The summed E-state index contributed by atoms with van der Waals surface area (Å²) in [5, 5.41) is 9.78. The van der Waals surface area contributed by atoms with Crippen molar-refractivity contribution in [3.63, 3.8) is 0 Å². The first-order valence-electron chi connectivity index (χ1n) is 11.4. The Bertz CT molecular complexity index is 880. The maximum Gasteiger partial charge on any atom is 0.259 e. The van der Waals surface area contributed by atoms with E-state index in [0.29, 0.717) is 24.5 Å². The van der Waals surface area contributed by atoms with Crippen molar-refractivity contribution >= 4 is 17.4 Å². The number of ether oxygens (including phenoxy) is 1. The van der Waals surface area contributed by atoms with Gasteiger partial charge in [-0.2, -0.15) is 0 Å². The Morgan fingerprint density at radius 1 is 1.42 bits per heavy atom. The third-order valence-electron chi connectivity index (χ3n) is 6.69. The van der Waals surface area contributed by atoms with Crippen LogP contribution in [0.15, 0.2) is 18.3 Å². The molecule has 1 aromatic heterocycles. The fourth-order valence-corrected chi connectivity index (χ4v) is 4.43. The van der Waals surface area contributed by atoms with E-state index >= 15 is 0 Å². The van der Waals surface area contributed by atoms with E-state index in [2.05, 4.69) is 11.1 Å². The highest BCUT2D eigenvalue weighted by Crippen LogP contribution is 2.33. The summed E-state index contributed by atoms with van der Waals surface area (Å²) >= 11 is 0. The van der Waals surface area contributed by atoms with E-state index < -0.39 is 0 Å². The quantitative estimate of drug-likeness (QED) is 0.755. The van der Waals surface area contributed by atoms with E-state index in [4.69, 9.17) is 4.74 Å². The number of hydrogen-bond acceptors (Lipinski definition) is 5. The number of allylic oxidation sites excluding steroid dienone is 2. The van der Waals surface area contributed by atoms with Crippen molar-refractivity contribution in [2.24, 2.45) is 11.8 Å². The molecule has 3 atom stereocenters. The molecule has 168 valence electrons. The van der Waals surface area contributed by atoms with Crippen LogP contribution >= 0.6 is 0 Å². The second kappa shape index (κ2) is 8.99. The van der Waals surface area contributed by atoms with E-state index in [1.165, 1.54) is 5.57 Å². The fourth-order valence-electron chi connectivity index (χ4n) is 4.43. The number of likely N-dealkylation sites (N-methyl/N-ethyl adjacent to an activating group) is 1. The summed E-state index contributed by atoms with van der Waals surface area (Å²) in [7, 11) is 1.82. The van der Waals surface area contributed by atoms with E-state index in [1.54, 1.807) is 16.0 Å². The second-order valence-corrected chi connectivity index (χ2v) is 9.31. The molecule has 2 heterocycles. The molecule has 1 aromatic rings. The SMILES string of the molecule is C[C@H]1CN([C@@H](C)CO)C(=O)c2cc(C3=CCCC3)cnc2O[C@H]1CN(C)C(=O)C1CC1. The summed E-state index contributed by atoms with van der Waals surface area (Å²) in [6.45, 7) is 4.65. The number of aliphatic hydroxyl groups is 1. The van der Waals surface area contributed by atoms with Crippen LogP contribution in [-0.2, 0) is 4.79 Å². The van der Waals surface area contributed by atoms with Gasteiger partial charge in [-0.05, 0) is 56.2 Å². The zero-order valence-corrected chi connectivity index (χ0v) is 18.7. The van der Waals surface area contributed by atoms with Crippen LogP contribution in [0.1, 0.15) is 61.9 Å². The molecule has 0 spiro atoms. The molecule has 0 aromatic carbocycles. The Hall–Kier alpha value is -2.41. The van der Waals surface area contributed by atoms with E-state index in [1.807, 2.05) is 27.0 Å². The van der Waals surface area contributed by atoms with Crippen molar-refractivity contribution in [1.82, 2.24) is 14.8 Å². The minimum Gasteiger partial charge on any atom is -0.472 e. The van der Waals surface area contributed by atoms with Crippen LogP contribution in [0.4, 0.5) is 0 Å². The lowest BCUT2D eigenvalue weighted by molar-refractivity contribution is -0.132. The predicted molar refractivity (Wildman–Crippen MR) is 118 cm³/mol. The Kier molecular flexibility index (Phi) is 6.32. The van der Waals surface area contributed by atoms with Crippen molar-refractivity contribution in [1.29, 1.82) is 0 Å². The van der Waals surface area contributed by atoms with Crippen LogP contribution in [0, 0.1) is 11.8 Å². The van der Waals surface area contributed by atoms with Gasteiger partial charge in [-0.3, -0.25) is 9.59 Å². The van der Waals surface area contributed by atoms with E-state index in [-0.39, 0.29) is 42.4 Å². The number of rotatable bonds is 6. The van der Waals surface area contributed by atoms with Gasteiger partial charge in [0.05, 0.1) is 19.2 Å². The average Bonchev–Trinajstić information content (AvgIpc) is 3.48. The molecule has 2 amide bonds. The normalized spacial score (nSPS) is 24.6. The molecule has 1 saturated carbocycles. The minimum atomic E-state index is -0.318. The van der Waals surface area contributed by atoms with Crippen LogP contribution < -0.4 is 4.74 Å². The van der Waals surface area contributed by atoms with Gasteiger partial charge in [-0.1, -0.05) is 13.0 Å². The molecule has 1 fully saturated rings. The molecule has 0 saturated heterocycles. The summed E-state index contributed by atoms with van der Waals surface area (Å²) in [6.07, 6.45) is 8.77. The first-order valence-corrected chi connectivity index (χ1v) is 11.4. The Balaban J connectivity index is 1.66. The number of aliphatic hydroxyl groups excluding tert-OH is 1. The van der Waals surface area contributed by atoms with E-state index in [0.717, 1.165) is 37.7 Å². The molecule has 2 aliphatic carbocycles. The summed E-state index contributed by atoms with van der Waals surface area (Å²) in [4.78, 5) is 34.0. The van der Waals surface area contributed by atoms with Crippen molar-refractivity contribution in [2.75, 3.05) is 26.7 Å². The number of nitrogens with zero attached hydrogens (tertiary/aromatic N) is 3. The summed E-state index contributed by atoms with van der Waals surface area (Å²) in [6, 6.07) is 1.56. The largest absolute Gasteiger partial charge is 0.472 e. The number of pyridine rings is 1. The lowest BCUT2D eigenvalue weighted by atomic mass is 9.99. The van der Waals surface area contributed by atoms with Gasteiger partial charge in [0.25, 0.3) is 5.91 Å². The van der Waals surface area contributed by atoms with Crippen molar-refractivity contribution in [3.05, 3.63) is 29.5 Å². The lowest BCUT2D eigenvalue weighted by Crippen LogP contribution is -2.50. The molecule has 0 unspecified atom stereocenters. The third kappa shape index (κ3) is 4.61. The van der Waals surface area contributed by atoms with Gasteiger partial charge in [-0.15, -0.1) is 0 Å². The highest BCUT2D eigenvalue weighted by atomic mass is 16.5. The van der Waals surface area contributed by atoms with Crippen LogP contribution in [0.5, 0.6) is 5.88 Å². The number of fused-ring (bicyclic) bond motifs is 1. The number of hydrogen-bond donors (Lipinski definition) is 1. The number of carbonyl (C=O) groups is 2. The molecule has 7 heteroatoms. The molecular weight excluding hydrogens is 394 g/mol. The molecule has 31 heavy (non-hydrogen) atoms. The standard InChI is InChI=1S/C24H33N3O4/c1-15-12-27(16(2)14-28)24(30)20-10-19(17-6-4-5-7-17)11-25-22(20)31-21(15)13-26(3)23(29)18-8-9-18/h6,10-11,15-16,18,21,28H,4-5,7-9,12-14H2,1-3H3/t15-,16-,21-/m0/s1. The van der Waals surface area contributed by atoms with Crippen molar-refractivity contribution in [2.45, 2.75) is 58.1 Å². The van der Waals surface area contributed by atoms with Gasteiger partial charge < -0.3 is 19.6 Å². The molecule has 0 radical (unpaired) electrons. The van der Waals surface area contributed by atoms with Gasteiger partial charge in [0.15, 0.2) is 0 Å². The van der Waals surface area contributed by atoms with Gasteiger partial charge >= 0.3 is 0 Å². The summed E-state index contributed by atoms with van der Waals surface area (Å²) < 4.78 is 6.29. The highest BCUT2D eigenvalue weighted by molar-refractivity contribution is 5.97. The van der Waals surface area contributed by atoms with Crippen LogP contribution in [-0.4, -0.2) is 70.6 Å². The Morgan fingerprint density at radius 3 is 2.84 bits per heavy atom. The van der Waals surface area contributed by atoms with Gasteiger partial charge in [0.2, 0.25) is 11.8 Å². The zero-order chi connectivity index (χ0) is 22.1. The number of amides is 2. The fraction of sp³-hybridized carbons (Fsp3) is 0.625. The molecule has 3 aliphatic rings. The van der Waals surface area contributed by atoms with Gasteiger partial charge in [0, 0.05) is 31.6 Å². The number of carbonyl (C=O) groups excluding carboxylic acids is 2. The Labute approximate surface area is 184 Å². The van der Waals surface area contributed by atoms with Gasteiger partial charge in [0.1, 0.15) is 11.7 Å². The molecule has 0 bridgehead atoms. The molecular formula is C24H33N3O4. The molecule has 4 rings (SSSR count). The lowest BCUT2D eigenvalue weighted by Gasteiger charge is -2.37. The third-order valence-corrected chi connectivity index (χ3v) is 6.69. The Morgan fingerprint density at radius 2 is 2.19 bits per heavy atom. The van der Waals surface area contributed by atoms with Crippen LogP contribution in [0.3, 0.4) is 0 Å². The van der Waals surface area contributed by atoms with Crippen LogP contribution in [0.25, 0.3) is 5.57 Å². The topological polar surface area (TPSA) is 83.0 Å². The second-order valence-electron chi connectivity index (χ2n) is 9.31. The minimum absolute atomic E-state index is 0.0282.